The summed E-state index contributed by atoms with van der Waals surface area (Å²) in [7, 11) is 0. The molecule has 7 aliphatic rings. The van der Waals surface area contributed by atoms with Crippen molar-refractivity contribution in [3.05, 3.63) is 41.5 Å². The Hall–Kier alpha value is -3.40. The van der Waals surface area contributed by atoms with Crippen LogP contribution in [0.25, 0.3) is 6.08 Å². The minimum Gasteiger partial charge on any atom is -0.460 e. The second-order valence-corrected chi connectivity index (χ2v) is 20.3. The lowest BCUT2D eigenvalue weighted by Gasteiger charge is -2.50. The minimum absolute atomic E-state index is 0.0126. The molecule has 63 heavy (non-hydrogen) atoms. The monoisotopic (exact) mass is 878 g/mol. The third kappa shape index (κ3) is 9.92. The lowest BCUT2D eigenvalue weighted by Crippen LogP contribution is -2.70. The van der Waals surface area contributed by atoms with Crippen LogP contribution in [-0.2, 0) is 54.2 Å². The molecule has 3 unspecified atom stereocenters. The number of hydrogen-bond acceptors (Lipinski definition) is 12. The second-order valence-electron chi connectivity index (χ2n) is 20.3. The molecule has 7 fully saturated rings. The maximum absolute atomic E-state index is 15.6. The number of ether oxygens (including phenoxy) is 5. The van der Waals surface area contributed by atoms with Crippen molar-refractivity contribution in [2.45, 2.75) is 210 Å². The number of esters is 2. The quantitative estimate of drug-likeness (QED) is 0.0907. The molecule has 5 aliphatic heterocycles. The van der Waals surface area contributed by atoms with Gasteiger partial charge in [0, 0.05) is 32.2 Å². The van der Waals surface area contributed by atoms with Crippen LogP contribution in [0.4, 0.5) is 0 Å². The molecule has 5 saturated heterocycles. The van der Waals surface area contributed by atoms with E-state index in [2.05, 4.69) is 43.4 Å². The fourth-order valence-corrected chi connectivity index (χ4v) is 11.2. The number of hydroxylamine groups is 2. The predicted octanol–water partition coefficient (Wildman–Crippen LogP) is 6.30. The summed E-state index contributed by atoms with van der Waals surface area (Å²) >= 11 is 0. The number of benzene rings is 1. The summed E-state index contributed by atoms with van der Waals surface area (Å²) in [6, 6.07) is 5.54. The SMILES string of the molecule is CCCCCC1(CCCCC)O[C@@H]2[C@H](O1)[C@H]1ON(Cc3ccc(C=CC4CCC5OC5C4)cc3)[C@H]3C(=O)O[C@@H]2C[C@@]13C(=O)N1CCC[C@@H]1C(=O)N[C@H](CO)CCC(=O)OC(C)(C)C. The summed E-state index contributed by atoms with van der Waals surface area (Å²) < 4.78 is 31.5. The summed E-state index contributed by atoms with van der Waals surface area (Å²) in [5, 5.41) is 14.8. The number of amides is 2. The Morgan fingerprint density at radius 2 is 1.70 bits per heavy atom. The molecule has 11 atom stereocenters. The summed E-state index contributed by atoms with van der Waals surface area (Å²) in [5.41, 5.74) is -0.0936. The van der Waals surface area contributed by atoms with Crippen molar-refractivity contribution in [2.24, 2.45) is 11.3 Å². The number of unbranched alkanes of at least 4 members (excludes halogenated alkanes) is 4. The molecular formula is C49H71N3O11. The van der Waals surface area contributed by atoms with Gasteiger partial charge in [-0.05, 0) is 89.2 Å². The maximum Gasteiger partial charge on any atom is 0.327 e. The maximum atomic E-state index is 15.6. The Kier molecular flexibility index (Phi) is 14.1. The van der Waals surface area contributed by atoms with Gasteiger partial charge >= 0.3 is 11.9 Å². The molecule has 14 heteroatoms. The third-order valence-electron chi connectivity index (χ3n) is 14.4. The summed E-state index contributed by atoms with van der Waals surface area (Å²) in [6.07, 6.45) is 14.4. The smallest absolute Gasteiger partial charge is 0.327 e. The number of rotatable bonds is 19. The van der Waals surface area contributed by atoms with E-state index in [-0.39, 0.29) is 38.3 Å². The molecule has 2 bridgehead atoms. The lowest BCUT2D eigenvalue weighted by atomic mass is 9.62. The van der Waals surface area contributed by atoms with Crippen molar-refractivity contribution >= 4 is 29.8 Å². The van der Waals surface area contributed by atoms with E-state index in [1.165, 1.54) is 0 Å². The predicted molar refractivity (Wildman–Crippen MR) is 232 cm³/mol. The van der Waals surface area contributed by atoms with Crippen molar-refractivity contribution in [3.63, 3.8) is 0 Å². The van der Waals surface area contributed by atoms with Crippen LogP contribution >= 0.6 is 0 Å². The van der Waals surface area contributed by atoms with Crippen molar-refractivity contribution in [3.8, 4) is 0 Å². The molecule has 0 spiro atoms. The van der Waals surface area contributed by atoms with Crippen LogP contribution in [0.3, 0.4) is 0 Å². The first-order chi connectivity index (χ1) is 30.3. The van der Waals surface area contributed by atoms with E-state index in [1.807, 2.05) is 12.1 Å². The second kappa shape index (κ2) is 19.2. The number of likely N-dealkylation sites (tertiary alicyclic amines) is 1. The number of carbonyl (C=O) groups is 4. The van der Waals surface area contributed by atoms with Crippen molar-refractivity contribution in [1.29, 1.82) is 0 Å². The van der Waals surface area contributed by atoms with E-state index >= 15 is 4.79 Å². The number of fused-ring (bicyclic) bond motifs is 5. The van der Waals surface area contributed by atoms with Gasteiger partial charge in [-0.3, -0.25) is 24.0 Å². The van der Waals surface area contributed by atoms with E-state index in [4.69, 9.17) is 28.5 Å². The molecule has 8 rings (SSSR count). The summed E-state index contributed by atoms with van der Waals surface area (Å²) in [4.78, 5) is 65.2. The molecule has 1 aromatic carbocycles. The van der Waals surface area contributed by atoms with Gasteiger partial charge in [0.2, 0.25) is 11.8 Å². The Morgan fingerprint density at radius 3 is 2.38 bits per heavy atom. The van der Waals surface area contributed by atoms with E-state index in [1.54, 1.807) is 30.7 Å². The van der Waals surface area contributed by atoms with Crippen LogP contribution in [0.5, 0.6) is 0 Å². The standard InChI is InChI=1S/C49H71N3O11/c1-6-8-10-24-48(25-11-9-7-2)61-40-38-28-49(46(57)51-26-12-13-35(51)44(55)50-34(30-53)21-23-39(54)60-47(3,4)5)42(45(56)59-38)52(63-43(49)41(40)62-48)29-33-18-15-31(16-19-33)14-17-32-20-22-36-37(27-32)58-36/h14-19,32,34-38,40-43,53H,6-13,20-30H2,1-5H3,(H,50,55)/t32?,34-,35+,36?,37?,38+,40-,41-,42-,43+,49-/m0/s1. The number of hydrogen-bond donors (Lipinski definition) is 2. The highest BCUT2D eigenvalue weighted by molar-refractivity contribution is 5.96. The van der Waals surface area contributed by atoms with Crippen LogP contribution in [0.1, 0.15) is 148 Å². The third-order valence-corrected chi connectivity index (χ3v) is 14.4. The molecule has 1 aromatic rings. The number of nitrogens with zero attached hydrogens (tertiary/aromatic N) is 2. The topological polar surface area (TPSA) is 166 Å². The largest absolute Gasteiger partial charge is 0.460 e. The van der Waals surface area contributed by atoms with Crippen LogP contribution in [-0.4, -0.2) is 118 Å². The molecule has 14 nitrogen and oxygen atoms in total. The first-order valence-corrected chi connectivity index (χ1v) is 24.1. The molecular weight excluding hydrogens is 807 g/mol. The zero-order chi connectivity index (χ0) is 44.5. The Bertz CT molecular complexity index is 1820. The van der Waals surface area contributed by atoms with E-state index in [0.29, 0.717) is 50.4 Å². The fourth-order valence-electron chi connectivity index (χ4n) is 11.2. The van der Waals surface area contributed by atoms with Gasteiger partial charge in [0.1, 0.15) is 41.5 Å². The van der Waals surface area contributed by atoms with Gasteiger partial charge in [0.05, 0.1) is 31.4 Å². The van der Waals surface area contributed by atoms with Gasteiger partial charge in [-0.25, -0.2) is 0 Å². The average molecular weight is 878 g/mol. The average Bonchev–Trinajstić information content (AvgIpc) is 3.51. The Morgan fingerprint density at radius 1 is 0.968 bits per heavy atom. The lowest BCUT2D eigenvalue weighted by molar-refractivity contribution is -0.225. The van der Waals surface area contributed by atoms with Gasteiger partial charge in [0.25, 0.3) is 0 Å². The van der Waals surface area contributed by atoms with E-state index < -0.39 is 77.2 Å². The van der Waals surface area contributed by atoms with Crippen molar-refractivity contribution < 1.29 is 52.8 Å². The molecule has 2 amide bonds. The van der Waals surface area contributed by atoms with Gasteiger partial charge in [-0.1, -0.05) is 75.9 Å². The summed E-state index contributed by atoms with van der Waals surface area (Å²) in [5.74, 6) is -2.11. The van der Waals surface area contributed by atoms with Crippen molar-refractivity contribution in [1.82, 2.24) is 15.3 Å². The molecule has 2 aliphatic carbocycles. The molecule has 2 N–H and O–H groups in total. The first kappa shape index (κ1) is 46.1. The zero-order valence-corrected chi connectivity index (χ0v) is 38.1. The number of epoxide rings is 1. The highest BCUT2D eigenvalue weighted by atomic mass is 16.8. The van der Waals surface area contributed by atoms with Crippen LogP contribution in [0, 0.1) is 11.3 Å². The molecule has 5 heterocycles. The highest BCUT2D eigenvalue weighted by Crippen LogP contribution is 2.59. The molecule has 0 aromatic heterocycles. The van der Waals surface area contributed by atoms with E-state index in [9.17, 15) is 19.5 Å². The Balaban J connectivity index is 1.05. The van der Waals surface area contributed by atoms with Crippen LogP contribution < -0.4 is 5.32 Å². The minimum atomic E-state index is -1.42. The number of nitrogens with one attached hydrogen (secondary N) is 1. The van der Waals surface area contributed by atoms with E-state index in [0.717, 1.165) is 68.9 Å². The molecule has 348 valence electrons. The van der Waals surface area contributed by atoms with Gasteiger partial charge in [-0.2, -0.15) is 5.06 Å². The number of allylic oxidation sites excluding steroid dienone is 1. The molecule has 2 saturated carbocycles. The normalized spacial score (nSPS) is 33.5. The number of aliphatic hydroxyl groups excluding tert-OH is 1. The number of aliphatic hydroxyl groups is 1. The van der Waals surface area contributed by atoms with Crippen LogP contribution in [0.15, 0.2) is 30.3 Å². The number of carbonyl (C=O) groups excluding carboxylic acids is 4. The van der Waals surface area contributed by atoms with Crippen LogP contribution in [0.2, 0.25) is 0 Å². The molecule has 0 radical (unpaired) electrons. The van der Waals surface area contributed by atoms with Gasteiger partial charge in [0.15, 0.2) is 11.8 Å². The fraction of sp³-hybridized carbons (Fsp3) is 0.755. The summed E-state index contributed by atoms with van der Waals surface area (Å²) in [6.45, 7) is 9.84. The Labute approximate surface area is 373 Å². The first-order valence-electron chi connectivity index (χ1n) is 24.1. The van der Waals surface area contributed by atoms with Crippen molar-refractivity contribution in [2.75, 3.05) is 13.2 Å². The van der Waals surface area contributed by atoms with Gasteiger partial charge in [-0.15, -0.1) is 0 Å². The highest BCUT2D eigenvalue weighted by Gasteiger charge is 2.77. The zero-order valence-electron chi connectivity index (χ0n) is 38.1. The van der Waals surface area contributed by atoms with Gasteiger partial charge < -0.3 is 39.0 Å².